The third-order valence-electron chi connectivity index (χ3n) is 4.71. The molecule has 1 amide bonds. The van der Waals surface area contributed by atoms with Gasteiger partial charge in [-0.05, 0) is 41.3 Å². The summed E-state index contributed by atoms with van der Waals surface area (Å²) in [5.41, 5.74) is 1.90. The average Bonchev–Trinajstić information content (AvgIpc) is 2.98. The SMILES string of the molecule is CC(C)(C)c1ccc2c(c1)O[C@@H](C(=O)N=Nc1c(O)[nH]c3ccc(Br)cc13)CO2. The molecule has 0 saturated carbocycles. The van der Waals surface area contributed by atoms with Crippen LogP contribution in [-0.4, -0.2) is 28.7 Å². The summed E-state index contributed by atoms with van der Waals surface area (Å²) in [4.78, 5) is 15.3. The molecule has 0 saturated heterocycles. The van der Waals surface area contributed by atoms with Crippen molar-refractivity contribution in [2.75, 3.05) is 6.61 Å². The summed E-state index contributed by atoms with van der Waals surface area (Å²) in [5, 5.41) is 18.5. The van der Waals surface area contributed by atoms with Crippen LogP contribution < -0.4 is 9.47 Å². The Morgan fingerprint density at radius 2 is 2.00 bits per heavy atom. The maximum atomic E-state index is 12.5. The number of amides is 1. The molecule has 0 aliphatic carbocycles. The minimum atomic E-state index is -0.902. The zero-order valence-corrected chi connectivity index (χ0v) is 17.8. The van der Waals surface area contributed by atoms with Crippen LogP contribution >= 0.6 is 15.9 Å². The van der Waals surface area contributed by atoms with Crippen molar-refractivity contribution in [3.05, 3.63) is 46.4 Å². The first-order valence-corrected chi connectivity index (χ1v) is 9.91. The molecule has 1 aliphatic rings. The molecule has 2 aromatic carbocycles. The van der Waals surface area contributed by atoms with Gasteiger partial charge >= 0.3 is 5.91 Å². The Morgan fingerprint density at radius 3 is 2.76 bits per heavy atom. The Kier molecular flexibility index (Phi) is 4.82. The smallest absolute Gasteiger partial charge is 0.308 e. The number of rotatable bonds is 2. The van der Waals surface area contributed by atoms with E-state index in [-0.39, 0.29) is 23.6 Å². The number of aromatic amines is 1. The van der Waals surface area contributed by atoms with Gasteiger partial charge in [0.1, 0.15) is 6.61 Å². The summed E-state index contributed by atoms with van der Waals surface area (Å²) in [5.74, 6) is 0.366. The Hall–Kier alpha value is -2.87. The average molecular weight is 458 g/mol. The second-order valence-corrected chi connectivity index (χ2v) is 8.80. The molecule has 0 unspecified atom stereocenters. The first-order valence-electron chi connectivity index (χ1n) is 9.12. The van der Waals surface area contributed by atoms with E-state index < -0.39 is 12.0 Å². The number of halogens is 1. The number of ether oxygens (including phenoxy) is 2. The number of carbonyl (C=O) groups excluding carboxylic acids is 1. The number of H-pyrrole nitrogens is 1. The van der Waals surface area contributed by atoms with E-state index in [9.17, 15) is 9.90 Å². The highest BCUT2D eigenvalue weighted by Crippen LogP contribution is 2.38. The number of carbonyl (C=O) groups is 1. The lowest BCUT2D eigenvalue weighted by Gasteiger charge is -2.27. The molecular formula is C21H20BrN3O4. The maximum absolute atomic E-state index is 12.5. The van der Waals surface area contributed by atoms with Gasteiger partial charge in [0.15, 0.2) is 17.2 Å². The van der Waals surface area contributed by atoms with E-state index in [1.165, 1.54) is 0 Å². The van der Waals surface area contributed by atoms with E-state index in [4.69, 9.17) is 9.47 Å². The Balaban J connectivity index is 1.56. The van der Waals surface area contributed by atoms with Gasteiger partial charge in [-0.25, -0.2) is 0 Å². The van der Waals surface area contributed by atoms with E-state index in [0.29, 0.717) is 22.4 Å². The van der Waals surface area contributed by atoms with Crippen LogP contribution in [0, 0.1) is 0 Å². The summed E-state index contributed by atoms with van der Waals surface area (Å²) >= 11 is 3.38. The third-order valence-corrected chi connectivity index (χ3v) is 5.20. The van der Waals surface area contributed by atoms with Gasteiger partial charge in [0.2, 0.25) is 12.0 Å². The van der Waals surface area contributed by atoms with Gasteiger partial charge in [-0.3, -0.25) is 4.79 Å². The van der Waals surface area contributed by atoms with Crippen LogP contribution in [0.4, 0.5) is 5.69 Å². The molecule has 8 heteroatoms. The zero-order valence-electron chi connectivity index (χ0n) is 16.2. The van der Waals surface area contributed by atoms with Gasteiger partial charge in [0.05, 0.1) is 5.52 Å². The third kappa shape index (κ3) is 3.85. The van der Waals surface area contributed by atoms with Crippen LogP contribution in [0.1, 0.15) is 26.3 Å². The minimum absolute atomic E-state index is 0.0468. The van der Waals surface area contributed by atoms with Gasteiger partial charge in [-0.2, -0.15) is 0 Å². The number of hydrogen-bond donors (Lipinski definition) is 2. The zero-order chi connectivity index (χ0) is 20.8. The predicted octanol–water partition coefficient (Wildman–Crippen LogP) is 5.38. The second kappa shape index (κ2) is 7.18. The van der Waals surface area contributed by atoms with Crippen LogP contribution in [0.2, 0.25) is 0 Å². The van der Waals surface area contributed by atoms with Crippen molar-refractivity contribution >= 4 is 38.4 Å². The van der Waals surface area contributed by atoms with Crippen molar-refractivity contribution < 1.29 is 19.4 Å². The molecule has 0 bridgehead atoms. The highest BCUT2D eigenvalue weighted by atomic mass is 79.9. The summed E-state index contributed by atoms with van der Waals surface area (Å²) in [6, 6.07) is 11.1. The Morgan fingerprint density at radius 1 is 1.21 bits per heavy atom. The van der Waals surface area contributed by atoms with Crippen LogP contribution in [0.25, 0.3) is 10.9 Å². The number of benzene rings is 2. The molecule has 7 nitrogen and oxygen atoms in total. The molecule has 150 valence electrons. The van der Waals surface area contributed by atoms with Crippen molar-refractivity contribution in [3.8, 4) is 17.4 Å². The summed E-state index contributed by atoms with van der Waals surface area (Å²) in [6.45, 7) is 6.34. The summed E-state index contributed by atoms with van der Waals surface area (Å²) in [7, 11) is 0. The number of azo groups is 1. The van der Waals surface area contributed by atoms with Gasteiger partial charge in [-0.1, -0.05) is 42.8 Å². The molecule has 2 heterocycles. The molecule has 0 fully saturated rings. The van der Waals surface area contributed by atoms with Crippen LogP contribution in [-0.2, 0) is 10.2 Å². The largest absolute Gasteiger partial charge is 0.493 e. The Bertz CT molecular complexity index is 1130. The molecule has 0 radical (unpaired) electrons. The minimum Gasteiger partial charge on any atom is -0.493 e. The molecule has 29 heavy (non-hydrogen) atoms. The first kappa shape index (κ1) is 19.4. The first-order chi connectivity index (χ1) is 13.7. The fourth-order valence-corrected chi connectivity index (χ4v) is 3.42. The van der Waals surface area contributed by atoms with Crippen LogP contribution in [0.5, 0.6) is 17.4 Å². The number of hydrogen-bond acceptors (Lipinski definition) is 5. The molecule has 0 spiro atoms. The van der Waals surface area contributed by atoms with Crippen molar-refractivity contribution in [2.24, 2.45) is 10.2 Å². The van der Waals surface area contributed by atoms with Gasteiger partial charge < -0.3 is 19.6 Å². The quantitative estimate of drug-likeness (QED) is 0.504. The van der Waals surface area contributed by atoms with E-state index in [2.05, 4.69) is 51.9 Å². The normalized spacial score (nSPS) is 16.5. The van der Waals surface area contributed by atoms with Crippen molar-refractivity contribution in [1.82, 2.24) is 4.98 Å². The molecule has 1 aromatic heterocycles. The van der Waals surface area contributed by atoms with Crippen molar-refractivity contribution in [3.63, 3.8) is 0 Å². The van der Waals surface area contributed by atoms with Crippen LogP contribution in [0.15, 0.2) is 51.1 Å². The fraction of sp³-hybridized carbons (Fsp3) is 0.286. The lowest BCUT2D eigenvalue weighted by molar-refractivity contribution is -0.127. The van der Waals surface area contributed by atoms with Crippen molar-refractivity contribution in [2.45, 2.75) is 32.3 Å². The molecule has 4 rings (SSSR count). The molecule has 2 N–H and O–H groups in total. The maximum Gasteiger partial charge on any atom is 0.308 e. The lowest BCUT2D eigenvalue weighted by atomic mass is 9.87. The number of aromatic hydroxyl groups is 1. The number of aromatic nitrogens is 1. The fourth-order valence-electron chi connectivity index (χ4n) is 3.06. The topological polar surface area (TPSA) is 96.3 Å². The standard InChI is InChI=1S/C21H20BrN3O4/c1-21(2,3)11-4-7-15-16(8-11)29-17(10-28-15)19(26)25-24-18-13-9-12(22)5-6-14(13)23-20(18)27/h4-9,17,23,27H,10H2,1-3H3/t17-/m1/s1. The summed E-state index contributed by atoms with van der Waals surface area (Å²) in [6.07, 6.45) is -0.902. The predicted molar refractivity (Wildman–Crippen MR) is 112 cm³/mol. The highest BCUT2D eigenvalue weighted by molar-refractivity contribution is 9.10. The molecular weight excluding hydrogens is 438 g/mol. The highest BCUT2D eigenvalue weighted by Gasteiger charge is 2.29. The van der Waals surface area contributed by atoms with Crippen LogP contribution in [0.3, 0.4) is 0 Å². The second-order valence-electron chi connectivity index (χ2n) is 7.88. The number of fused-ring (bicyclic) bond motifs is 2. The molecule has 1 aliphatic heterocycles. The van der Waals surface area contributed by atoms with E-state index in [0.717, 1.165) is 10.0 Å². The molecule has 1 atom stereocenters. The van der Waals surface area contributed by atoms with Crippen molar-refractivity contribution in [1.29, 1.82) is 0 Å². The van der Waals surface area contributed by atoms with Gasteiger partial charge in [0, 0.05) is 9.86 Å². The van der Waals surface area contributed by atoms with Gasteiger partial charge in [-0.15, -0.1) is 10.2 Å². The van der Waals surface area contributed by atoms with E-state index in [1.807, 2.05) is 24.3 Å². The van der Waals surface area contributed by atoms with Gasteiger partial charge in [0.25, 0.3) is 0 Å². The van der Waals surface area contributed by atoms with E-state index in [1.54, 1.807) is 12.1 Å². The number of nitrogens with one attached hydrogen (secondary N) is 1. The number of nitrogens with zero attached hydrogens (tertiary/aromatic N) is 2. The lowest BCUT2D eigenvalue weighted by Crippen LogP contribution is -2.35. The summed E-state index contributed by atoms with van der Waals surface area (Å²) < 4.78 is 12.3. The van der Waals surface area contributed by atoms with E-state index >= 15 is 0 Å². The molecule has 3 aromatic rings. The monoisotopic (exact) mass is 457 g/mol. The Labute approximate surface area is 175 Å².